The van der Waals surface area contributed by atoms with Crippen LogP contribution in [-0.2, 0) is 23.4 Å². The van der Waals surface area contributed by atoms with E-state index in [2.05, 4.69) is 45.0 Å². The zero-order chi connectivity index (χ0) is 32.8. The number of phenols is 1. The first-order chi connectivity index (χ1) is 22.0. The maximum absolute atomic E-state index is 13.7. The van der Waals surface area contributed by atoms with Gasteiger partial charge in [0.2, 0.25) is 11.8 Å². The van der Waals surface area contributed by atoms with Gasteiger partial charge in [-0.05, 0) is 51.3 Å². The maximum atomic E-state index is 13.7. The zero-order valence-corrected chi connectivity index (χ0v) is 27.4. The van der Waals surface area contributed by atoms with Crippen molar-refractivity contribution in [2.24, 2.45) is 17.8 Å². The fourth-order valence-electron chi connectivity index (χ4n) is 7.73. The molecule has 11 heteroatoms. The van der Waals surface area contributed by atoms with E-state index in [1.807, 2.05) is 36.4 Å². The Morgan fingerprint density at radius 3 is 2.09 bits per heavy atom. The Labute approximate surface area is 270 Å². The minimum Gasteiger partial charge on any atom is -0.508 e. The number of imide groups is 3. The number of nitrogens with zero attached hydrogens (tertiary/aromatic N) is 1. The van der Waals surface area contributed by atoms with Gasteiger partial charge in [0.1, 0.15) is 5.75 Å². The van der Waals surface area contributed by atoms with Crippen LogP contribution in [0.25, 0.3) is 0 Å². The Kier molecular flexibility index (Phi) is 8.53. The van der Waals surface area contributed by atoms with E-state index in [0.29, 0.717) is 21.5 Å². The maximum Gasteiger partial charge on any atom is 0.487 e. The molecule has 2 heterocycles. The van der Waals surface area contributed by atoms with E-state index in [1.54, 1.807) is 18.2 Å². The normalized spacial score (nSPS) is 23.3. The van der Waals surface area contributed by atoms with E-state index >= 15 is 0 Å². The van der Waals surface area contributed by atoms with Gasteiger partial charge in [-0.25, -0.2) is 4.79 Å². The smallest absolute Gasteiger partial charge is 0.487 e. The predicted molar refractivity (Wildman–Crippen MR) is 174 cm³/mol. The van der Waals surface area contributed by atoms with E-state index in [1.165, 1.54) is 6.07 Å². The van der Waals surface area contributed by atoms with Crippen LogP contribution in [0.1, 0.15) is 45.3 Å². The molecule has 2 fully saturated rings. The van der Waals surface area contributed by atoms with Crippen LogP contribution >= 0.6 is 0 Å². The fraction of sp³-hybridized carbons (Fsp3) is 0.343. The number of rotatable bonds is 6. The summed E-state index contributed by atoms with van der Waals surface area (Å²) in [6.45, 7) is 6.59. The van der Waals surface area contributed by atoms with Crippen LogP contribution in [0.5, 0.6) is 5.75 Å². The summed E-state index contributed by atoms with van der Waals surface area (Å²) in [5.41, 5.74) is 1.64. The molecule has 2 saturated heterocycles. The molecule has 3 aromatic carbocycles. The van der Waals surface area contributed by atoms with Gasteiger partial charge in [-0.1, -0.05) is 99.6 Å². The summed E-state index contributed by atoms with van der Waals surface area (Å²) in [6.07, 6.45) is -1.45. The number of phenolic OH excluding ortho intramolecular Hbond substituents is 1. The molecule has 0 saturated carbocycles. The average molecular weight is 640 g/mol. The van der Waals surface area contributed by atoms with Crippen molar-refractivity contribution in [3.8, 4) is 5.75 Å². The van der Waals surface area contributed by atoms with Crippen LogP contribution in [0, 0.1) is 17.8 Å². The molecule has 1 aliphatic carbocycles. The van der Waals surface area contributed by atoms with Gasteiger partial charge in [-0.2, -0.15) is 4.90 Å². The number of amides is 3. The monoisotopic (exact) mass is 639 g/mol. The van der Waals surface area contributed by atoms with Crippen LogP contribution in [0.4, 0.5) is 4.79 Å². The Hall–Kier alpha value is -4.03. The van der Waals surface area contributed by atoms with E-state index in [0.717, 1.165) is 17.5 Å². The predicted octanol–water partition coefficient (Wildman–Crippen LogP) is 4.13. The molecule has 0 bridgehead atoms. The van der Waals surface area contributed by atoms with Gasteiger partial charge in [0.25, 0.3) is 8.32 Å². The average Bonchev–Trinajstić information content (AvgIpc) is 3.30. The molecule has 6 rings (SSSR count). The van der Waals surface area contributed by atoms with Gasteiger partial charge in [0.05, 0.1) is 31.7 Å². The molecule has 4 atom stereocenters. The lowest BCUT2D eigenvalue weighted by Crippen LogP contribution is -2.66. The molecule has 0 aromatic heterocycles. The molecule has 3 aliphatic rings. The van der Waals surface area contributed by atoms with Gasteiger partial charge in [0, 0.05) is 5.56 Å². The zero-order valence-electron chi connectivity index (χ0n) is 26.4. The lowest BCUT2D eigenvalue weighted by molar-refractivity contribution is -0.137. The molecule has 9 nitrogen and oxygen atoms in total. The Bertz CT molecular complexity index is 1640. The number of likely N-dealkylation sites (tertiary alicyclic amines) is 1. The topological polar surface area (TPSA) is 123 Å². The van der Waals surface area contributed by atoms with Crippen molar-refractivity contribution in [3.63, 3.8) is 0 Å². The second kappa shape index (κ2) is 12.3. The van der Waals surface area contributed by atoms with Gasteiger partial charge in [0.15, 0.2) is 0 Å². The lowest BCUT2D eigenvalue weighted by atomic mass is 9.55. The molecule has 0 radical (unpaired) electrons. The molecule has 2 aliphatic heterocycles. The third-order valence-electron chi connectivity index (χ3n) is 9.73. The molecule has 3 amide bonds. The molecule has 0 unspecified atom stereocenters. The summed E-state index contributed by atoms with van der Waals surface area (Å²) in [5.74, 6) is -3.65. The Balaban J connectivity index is 1.46. The van der Waals surface area contributed by atoms with Crippen molar-refractivity contribution in [2.75, 3.05) is 13.7 Å². The third-order valence-corrected chi connectivity index (χ3v) is 14.7. The number of ether oxygens (including phenoxy) is 1. The van der Waals surface area contributed by atoms with E-state index in [9.17, 15) is 24.5 Å². The largest absolute Gasteiger partial charge is 0.508 e. The van der Waals surface area contributed by atoms with E-state index < -0.39 is 57.2 Å². The standard InChI is InChI=1S/C35H38BNO8Si/c1-35(2,3)46(23-13-7-5-8-14-23,24-15-9-6-10-16-24)44-21-22-19-27-30(33(40)37(32(27)39)34(41)43-4)26-20-29(45-36(42)31(22)26)25-17-11-12-18-28(25)38/h5-18,26-27,29-30,38,42H,19-21H2,1-4H3/t26-,27-,29-,30+/m0/s1. The quantitative estimate of drug-likeness (QED) is 0.305. The van der Waals surface area contributed by atoms with Gasteiger partial charge < -0.3 is 23.9 Å². The Morgan fingerprint density at radius 2 is 1.52 bits per heavy atom. The highest BCUT2D eigenvalue weighted by atomic mass is 28.4. The summed E-state index contributed by atoms with van der Waals surface area (Å²) in [5, 5.41) is 24.1. The molecule has 46 heavy (non-hydrogen) atoms. The number of fused-ring (bicyclic) bond motifs is 3. The summed E-state index contributed by atoms with van der Waals surface area (Å²) >= 11 is 0. The van der Waals surface area contributed by atoms with Crippen molar-refractivity contribution < 1.29 is 38.3 Å². The molecular weight excluding hydrogens is 601 g/mol. The summed E-state index contributed by atoms with van der Waals surface area (Å²) in [6, 6.07) is 27.0. The Morgan fingerprint density at radius 1 is 0.935 bits per heavy atom. The van der Waals surface area contributed by atoms with Gasteiger partial charge in [-0.15, -0.1) is 0 Å². The second-order valence-corrected chi connectivity index (χ2v) is 17.5. The van der Waals surface area contributed by atoms with Crippen molar-refractivity contribution in [1.82, 2.24) is 4.90 Å². The molecular formula is C35H38BNO8Si. The third kappa shape index (κ3) is 5.21. The highest BCUT2D eigenvalue weighted by Gasteiger charge is 2.60. The van der Waals surface area contributed by atoms with Crippen LogP contribution in [0.2, 0.25) is 5.04 Å². The first kappa shape index (κ1) is 31.9. The van der Waals surface area contributed by atoms with Crippen molar-refractivity contribution in [1.29, 1.82) is 0 Å². The SMILES string of the molecule is COC(=O)N1C(=O)[C@H]2[C@H](CC(CO[Si](c3ccccc3)(c3ccccc3)C(C)(C)C)=C3B(O)O[C@H](c4ccccc4O)C[C@H]32)C1=O. The minimum atomic E-state index is -3.01. The van der Waals surface area contributed by atoms with Crippen molar-refractivity contribution in [2.45, 2.75) is 44.8 Å². The number of para-hydroxylation sites is 1. The molecule has 3 aromatic rings. The van der Waals surface area contributed by atoms with Crippen molar-refractivity contribution >= 4 is 43.7 Å². The highest BCUT2D eigenvalue weighted by molar-refractivity contribution is 6.99. The van der Waals surface area contributed by atoms with Crippen LogP contribution in [0.3, 0.4) is 0 Å². The van der Waals surface area contributed by atoms with E-state index in [4.69, 9.17) is 13.8 Å². The number of carbonyl (C=O) groups excluding carboxylic acids is 3. The number of allylic oxidation sites excluding steroid dienone is 1. The number of hydrogen-bond donors (Lipinski definition) is 2. The van der Waals surface area contributed by atoms with Crippen LogP contribution in [0.15, 0.2) is 96.0 Å². The van der Waals surface area contributed by atoms with Crippen molar-refractivity contribution in [3.05, 3.63) is 102 Å². The summed E-state index contributed by atoms with van der Waals surface area (Å²) in [4.78, 5) is 40.6. The number of aromatic hydroxyl groups is 1. The first-order valence-electron chi connectivity index (χ1n) is 15.5. The summed E-state index contributed by atoms with van der Waals surface area (Å²) in [7, 11) is -3.30. The number of benzene rings is 3. The highest BCUT2D eigenvalue weighted by Crippen LogP contribution is 2.52. The van der Waals surface area contributed by atoms with E-state index in [-0.39, 0.29) is 30.2 Å². The second-order valence-electron chi connectivity index (χ2n) is 13.2. The molecule has 2 N–H and O–H groups in total. The van der Waals surface area contributed by atoms with Crippen LogP contribution in [-0.4, -0.2) is 62.1 Å². The van der Waals surface area contributed by atoms with Gasteiger partial charge >= 0.3 is 13.2 Å². The van der Waals surface area contributed by atoms with Gasteiger partial charge in [-0.3, -0.25) is 9.59 Å². The lowest BCUT2D eigenvalue weighted by Gasteiger charge is -2.45. The van der Waals surface area contributed by atoms with Crippen LogP contribution < -0.4 is 10.4 Å². The fourth-order valence-corrected chi connectivity index (χ4v) is 12.3. The molecule has 0 spiro atoms. The number of hydrogen-bond acceptors (Lipinski definition) is 8. The summed E-state index contributed by atoms with van der Waals surface area (Å²) < 4.78 is 18.1. The molecule has 238 valence electrons. The number of carbonyl (C=O) groups is 3. The number of methoxy groups -OCH3 is 1. The minimum absolute atomic E-state index is 0.000240. The first-order valence-corrected chi connectivity index (χ1v) is 17.4.